The molecule has 0 aromatic heterocycles. The summed E-state index contributed by atoms with van der Waals surface area (Å²) in [7, 11) is -4.28. The zero-order valence-electron chi connectivity index (χ0n) is 10.1. The van der Waals surface area contributed by atoms with Crippen molar-refractivity contribution < 1.29 is 22.9 Å². The second-order valence-corrected chi connectivity index (χ2v) is 5.54. The Morgan fingerprint density at radius 2 is 1.82 bits per heavy atom. The van der Waals surface area contributed by atoms with E-state index in [-0.39, 0.29) is 0 Å². The fraction of sp³-hybridized carbons (Fsp3) is 1.00. The summed E-state index contributed by atoms with van der Waals surface area (Å²) in [6.07, 6.45) is -1.14. The van der Waals surface area contributed by atoms with Crippen molar-refractivity contribution in [3.05, 3.63) is 0 Å². The Labute approximate surface area is 102 Å². The van der Waals surface area contributed by atoms with Crippen LogP contribution in [0, 0.1) is 0 Å². The van der Waals surface area contributed by atoms with Gasteiger partial charge < -0.3 is 5.11 Å². The minimum absolute atomic E-state index is 0.426. The minimum Gasteiger partial charge on any atom is -0.391 e. The van der Waals surface area contributed by atoms with Gasteiger partial charge in [-0.15, -0.1) is 0 Å². The number of piperazine rings is 1. The third-order valence-electron chi connectivity index (χ3n) is 2.66. The Morgan fingerprint density at radius 3 is 2.18 bits per heavy atom. The molecular weight excluding hydrogens is 248 g/mol. The molecule has 0 aromatic carbocycles. The van der Waals surface area contributed by atoms with Crippen molar-refractivity contribution in [1.82, 2.24) is 9.96 Å². The molecule has 0 saturated carbocycles. The van der Waals surface area contributed by atoms with E-state index in [1.807, 2.05) is 6.92 Å². The van der Waals surface area contributed by atoms with Crippen molar-refractivity contribution in [1.29, 1.82) is 0 Å². The summed E-state index contributed by atoms with van der Waals surface area (Å²) in [5.74, 6) is 0. The van der Waals surface area contributed by atoms with Crippen LogP contribution in [-0.4, -0.2) is 72.3 Å². The predicted molar refractivity (Wildman–Crippen MR) is 61.8 cm³/mol. The van der Waals surface area contributed by atoms with Gasteiger partial charge in [0.15, 0.2) is 5.37 Å². The van der Waals surface area contributed by atoms with Crippen LogP contribution in [0.25, 0.3) is 0 Å². The van der Waals surface area contributed by atoms with E-state index in [0.717, 1.165) is 0 Å². The lowest BCUT2D eigenvalue weighted by molar-refractivity contribution is -0.175. The molecule has 17 heavy (non-hydrogen) atoms. The van der Waals surface area contributed by atoms with E-state index in [1.54, 1.807) is 9.96 Å². The molecule has 0 amide bonds. The van der Waals surface area contributed by atoms with Crippen molar-refractivity contribution in [2.45, 2.75) is 25.3 Å². The van der Waals surface area contributed by atoms with Crippen LogP contribution in [-0.2, 0) is 15.0 Å². The van der Waals surface area contributed by atoms with Gasteiger partial charge >= 0.3 is 0 Å². The molecular formula is C9H20N2O5S. The average molecular weight is 268 g/mol. The highest BCUT2D eigenvalue weighted by Gasteiger charge is 2.36. The highest BCUT2D eigenvalue weighted by atomic mass is 32.2. The Balaban J connectivity index is 2.62. The first-order valence-corrected chi connectivity index (χ1v) is 7.13. The van der Waals surface area contributed by atoms with Crippen LogP contribution in [0.3, 0.4) is 0 Å². The van der Waals surface area contributed by atoms with Gasteiger partial charge in [0, 0.05) is 26.2 Å². The molecule has 0 spiro atoms. The average Bonchev–Trinajstić information content (AvgIpc) is 2.18. The quantitative estimate of drug-likeness (QED) is 0.628. The summed E-state index contributed by atoms with van der Waals surface area (Å²) in [6.45, 7) is 5.75. The van der Waals surface area contributed by atoms with Gasteiger partial charge in [-0.05, 0) is 13.8 Å². The van der Waals surface area contributed by atoms with Crippen LogP contribution in [0.2, 0.25) is 0 Å². The van der Waals surface area contributed by atoms with E-state index in [0.29, 0.717) is 32.8 Å². The second kappa shape index (κ2) is 6.07. The predicted octanol–water partition coefficient (Wildman–Crippen LogP) is -0.850. The first-order valence-electron chi connectivity index (χ1n) is 5.62. The Hall–Kier alpha value is -0.250. The third-order valence-corrected chi connectivity index (χ3v) is 3.97. The second-order valence-electron chi connectivity index (χ2n) is 4.03. The summed E-state index contributed by atoms with van der Waals surface area (Å²) in [5.41, 5.74) is 0. The van der Waals surface area contributed by atoms with Gasteiger partial charge in [0.2, 0.25) is 0 Å². The molecule has 7 nitrogen and oxygen atoms in total. The van der Waals surface area contributed by atoms with Crippen molar-refractivity contribution in [3.8, 4) is 0 Å². The maximum Gasteiger partial charge on any atom is 0.283 e. The molecule has 2 N–H and O–H groups in total. The van der Waals surface area contributed by atoms with Crippen LogP contribution < -0.4 is 0 Å². The van der Waals surface area contributed by atoms with Crippen LogP contribution in [0.4, 0.5) is 0 Å². The largest absolute Gasteiger partial charge is 0.391 e. The number of aliphatic hydroxyl groups is 1. The number of hydrogen-bond donors (Lipinski definition) is 2. The lowest BCUT2D eigenvalue weighted by Gasteiger charge is -2.37. The molecule has 0 radical (unpaired) electrons. The summed E-state index contributed by atoms with van der Waals surface area (Å²) < 4.78 is 31.5. The maximum absolute atomic E-state index is 11.2. The van der Waals surface area contributed by atoms with Crippen molar-refractivity contribution in [3.63, 3.8) is 0 Å². The molecule has 0 aliphatic carbocycles. The van der Waals surface area contributed by atoms with Crippen molar-refractivity contribution in [2.75, 3.05) is 32.8 Å². The summed E-state index contributed by atoms with van der Waals surface area (Å²) in [4.78, 5) is 6.84. The van der Waals surface area contributed by atoms with E-state index in [4.69, 9.17) is 9.39 Å². The van der Waals surface area contributed by atoms with Gasteiger partial charge in [-0.25, -0.2) is 0 Å². The highest BCUT2D eigenvalue weighted by Crippen LogP contribution is 2.14. The monoisotopic (exact) mass is 268 g/mol. The van der Waals surface area contributed by atoms with Gasteiger partial charge in [-0.3, -0.25) is 14.3 Å². The first kappa shape index (κ1) is 14.8. The van der Waals surface area contributed by atoms with Crippen LogP contribution in [0.5, 0.6) is 0 Å². The summed E-state index contributed by atoms with van der Waals surface area (Å²) in [5, 5.41) is 9.94. The Kier molecular flexibility index (Phi) is 5.29. The molecule has 1 fully saturated rings. The fourth-order valence-electron chi connectivity index (χ4n) is 2.01. The number of hydroxylamine groups is 2. The van der Waals surface area contributed by atoms with Crippen molar-refractivity contribution >= 4 is 10.1 Å². The molecule has 1 rings (SSSR count). The molecule has 1 saturated heterocycles. The molecule has 8 heteroatoms. The molecule has 102 valence electrons. The summed E-state index contributed by atoms with van der Waals surface area (Å²) in [6, 6.07) is 0. The Morgan fingerprint density at radius 1 is 1.29 bits per heavy atom. The lowest BCUT2D eigenvalue weighted by atomic mass is 10.3. The standard InChI is InChI=1S/C9H20N2O5S/c1-3-16-11-6-4-10(5-7-11)9(8(2)12)17(13,14)15/h8-9,12H,3-7H2,1-2H3,(H,13,14,15). The van der Waals surface area contributed by atoms with Gasteiger partial charge in [0.1, 0.15) is 0 Å². The molecule has 1 aliphatic rings. The van der Waals surface area contributed by atoms with Crippen LogP contribution >= 0.6 is 0 Å². The first-order chi connectivity index (χ1) is 7.86. The maximum atomic E-state index is 11.2. The number of nitrogens with zero attached hydrogens (tertiary/aromatic N) is 2. The van der Waals surface area contributed by atoms with Gasteiger partial charge in [-0.2, -0.15) is 13.5 Å². The third kappa shape index (κ3) is 4.16. The molecule has 2 atom stereocenters. The van der Waals surface area contributed by atoms with Gasteiger partial charge in [-0.1, -0.05) is 0 Å². The van der Waals surface area contributed by atoms with Crippen LogP contribution in [0.15, 0.2) is 0 Å². The van der Waals surface area contributed by atoms with E-state index < -0.39 is 21.6 Å². The molecule has 1 aliphatic heterocycles. The van der Waals surface area contributed by atoms with E-state index in [9.17, 15) is 13.5 Å². The summed E-state index contributed by atoms with van der Waals surface area (Å²) >= 11 is 0. The van der Waals surface area contributed by atoms with E-state index in [1.165, 1.54) is 6.92 Å². The molecule has 2 unspecified atom stereocenters. The molecule has 1 heterocycles. The SMILES string of the molecule is CCON1CCN(C(C(C)O)S(=O)(=O)O)CC1. The van der Waals surface area contributed by atoms with Crippen LogP contribution in [0.1, 0.15) is 13.8 Å². The zero-order chi connectivity index (χ0) is 13.1. The van der Waals surface area contributed by atoms with E-state index in [2.05, 4.69) is 0 Å². The van der Waals surface area contributed by atoms with Gasteiger partial charge in [0.25, 0.3) is 10.1 Å². The normalized spacial score (nSPS) is 23.5. The highest BCUT2D eigenvalue weighted by molar-refractivity contribution is 7.86. The Bertz CT molecular complexity index is 324. The molecule has 0 aromatic rings. The number of aliphatic hydroxyl groups excluding tert-OH is 1. The zero-order valence-corrected chi connectivity index (χ0v) is 10.9. The fourth-order valence-corrected chi connectivity index (χ4v) is 3.10. The minimum atomic E-state index is -4.28. The number of rotatable bonds is 5. The van der Waals surface area contributed by atoms with Crippen molar-refractivity contribution in [2.24, 2.45) is 0 Å². The lowest BCUT2D eigenvalue weighted by Crippen LogP contribution is -2.55. The van der Waals surface area contributed by atoms with E-state index >= 15 is 0 Å². The van der Waals surface area contributed by atoms with Gasteiger partial charge in [0.05, 0.1) is 12.7 Å². The topological polar surface area (TPSA) is 90.3 Å². The molecule has 0 bridgehead atoms. The number of hydrogen-bond acceptors (Lipinski definition) is 6. The smallest absolute Gasteiger partial charge is 0.283 e.